The molecule has 27 heavy (non-hydrogen) atoms. The Labute approximate surface area is 163 Å². The van der Waals surface area contributed by atoms with Crippen LogP contribution >= 0.6 is 0 Å². The molecule has 0 N–H and O–H groups in total. The third-order valence-electron chi connectivity index (χ3n) is 5.01. The topological polar surface area (TPSA) is 48.0 Å². The molecule has 1 aromatic rings. The van der Waals surface area contributed by atoms with Crippen molar-refractivity contribution in [1.82, 2.24) is 4.90 Å². The minimum Gasteiger partial charge on any atom is -0.444 e. The number of rotatable bonds is 2. The third-order valence-corrected chi connectivity index (χ3v) is 5.01. The number of benzene rings is 1. The van der Waals surface area contributed by atoms with Gasteiger partial charge >= 0.3 is 13.2 Å². The van der Waals surface area contributed by atoms with Gasteiger partial charge < -0.3 is 18.9 Å². The number of amides is 1. The molecule has 5 nitrogen and oxygen atoms in total. The summed E-state index contributed by atoms with van der Waals surface area (Å²) >= 11 is 0. The third kappa shape index (κ3) is 5.05. The van der Waals surface area contributed by atoms with Crippen LogP contribution in [0.15, 0.2) is 24.3 Å². The summed E-state index contributed by atoms with van der Waals surface area (Å²) in [5, 5.41) is 0. The van der Waals surface area contributed by atoms with Gasteiger partial charge in [-0.3, -0.25) is 0 Å². The first-order valence-corrected chi connectivity index (χ1v) is 9.97. The molecular formula is C21H32BNO4. The molecule has 2 aliphatic rings. The van der Waals surface area contributed by atoms with Crippen LogP contribution in [0.25, 0.3) is 0 Å². The van der Waals surface area contributed by atoms with E-state index in [-0.39, 0.29) is 31.0 Å². The molecule has 2 aliphatic heterocycles. The molecule has 2 heterocycles. The first-order chi connectivity index (χ1) is 12.5. The van der Waals surface area contributed by atoms with Crippen LogP contribution in [0.2, 0.25) is 0 Å². The van der Waals surface area contributed by atoms with Crippen molar-refractivity contribution in [2.24, 2.45) is 0 Å². The normalized spacial score (nSPS) is 25.6. The van der Waals surface area contributed by atoms with Crippen LogP contribution in [0.4, 0.5) is 4.79 Å². The second kappa shape index (κ2) is 7.48. The van der Waals surface area contributed by atoms with E-state index in [2.05, 4.69) is 32.9 Å². The lowest BCUT2D eigenvalue weighted by molar-refractivity contribution is -0.0229. The Bertz CT molecular complexity index is 685. The van der Waals surface area contributed by atoms with Gasteiger partial charge in [0.15, 0.2) is 0 Å². The van der Waals surface area contributed by atoms with Crippen molar-refractivity contribution in [3.8, 4) is 0 Å². The molecule has 0 bridgehead atoms. The van der Waals surface area contributed by atoms with E-state index in [0.29, 0.717) is 0 Å². The number of nitrogens with zero attached hydrogens (tertiary/aromatic N) is 1. The van der Waals surface area contributed by atoms with E-state index in [1.807, 2.05) is 37.8 Å². The fourth-order valence-corrected chi connectivity index (χ4v) is 4.03. The maximum absolute atomic E-state index is 12.6. The summed E-state index contributed by atoms with van der Waals surface area (Å²) in [7, 11) is -0.375. The lowest BCUT2D eigenvalue weighted by atomic mass is 9.74. The minimum absolute atomic E-state index is 0.0359. The molecule has 2 fully saturated rings. The summed E-state index contributed by atoms with van der Waals surface area (Å²) in [6, 6.07) is 8.29. The van der Waals surface area contributed by atoms with E-state index in [9.17, 15) is 4.79 Å². The van der Waals surface area contributed by atoms with Crippen molar-refractivity contribution in [2.75, 3.05) is 6.54 Å². The van der Waals surface area contributed by atoms with Crippen molar-refractivity contribution in [1.29, 1.82) is 0 Å². The maximum Gasteiger partial charge on any atom is 0.494 e. The highest BCUT2D eigenvalue weighted by molar-refractivity contribution is 6.61. The molecule has 3 rings (SSSR count). The van der Waals surface area contributed by atoms with Crippen LogP contribution in [0.1, 0.15) is 72.4 Å². The Morgan fingerprint density at radius 2 is 2.07 bits per heavy atom. The van der Waals surface area contributed by atoms with E-state index < -0.39 is 5.60 Å². The molecule has 6 heteroatoms. The van der Waals surface area contributed by atoms with E-state index in [0.717, 1.165) is 36.8 Å². The molecule has 2 unspecified atom stereocenters. The fourth-order valence-electron chi connectivity index (χ4n) is 4.03. The largest absolute Gasteiger partial charge is 0.494 e. The van der Waals surface area contributed by atoms with Crippen LogP contribution in [0.5, 0.6) is 0 Å². The molecule has 0 aliphatic carbocycles. The second-order valence-electron chi connectivity index (χ2n) is 9.36. The molecule has 0 spiro atoms. The molecule has 148 valence electrons. The number of hydrogen-bond donors (Lipinski definition) is 0. The summed E-state index contributed by atoms with van der Waals surface area (Å²) in [6.45, 7) is 12.7. The highest BCUT2D eigenvalue weighted by atomic mass is 16.6. The highest BCUT2D eigenvalue weighted by Gasteiger charge is 2.39. The van der Waals surface area contributed by atoms with Gasteiger partial charge in [0.2, 0.25) is 0 Å². The number of ether oxygens (including phenoxy) is 1. The van der Waals surface area contributed by atoms with Crippen molar-refractivity contribution in [3.63, 3.8) is 0 Å². The predicted molar refractivity (Wildman–Crippen MR) is 107 cm³/mol. The summed E-state index contributed by atoms with van der Waals surface area (Å²) in [4.78, 5) is 14.5. The summed E-state index contributed by atoms with van der Waals surface area (Å²) in [6.07, 6.45) is 2.70. The van der Waals surface area contributed by atoms with E-state index in [1.165, 1.54) is 0 Å². The lowest BCUT2D eigenvalue weighted by Gasteiger charge is -2.38. The van der Waals surface area contributed by atoms with Gasteiger partial charge in [0, 0.05) is 12.6 Å². The Morgan fingerprint density at radius 1 is 1.33 bits per heavy atom. The molecular weight excluding hydrogens is 341 g/mol. The molecule has 0 saturated carbocycles. The average molecular weight is 373 g/mol. The number of likely N-dealkylation sites (tertiary alicyclic amines) is 1. The van der Waals surface area contributed by atoms with E-state index >= 15 is 0 Å². The quantitative estimate of drug-likeness (QED) is 0.734. The van der Waals surface area contributed by atoms with Crippen molar-refractivity contribution >= 4 is 18.7 Å². The van der Waals surface area contributed by atoms with Crippen LogP contribution in [0.3, 0.4) is 0 Å². The van der Waals surface area contributed by atoms with Gasteiger partial charge in [0.25, 0.3) is 0 Å². The Hall–Kier alpha value is -1.53. The number of hydrogen-bond acceptors (Lipinski definition) is 4. The van der Waals surface area contributed by atoms with Gasteiger partial charge in [0.05, 0.1) is 11.6 Å². The van der Waals surface area contributed by atoms with Crippen molar-refractivity contribution in [2.45, 2.75) is 84.2 Å². The fraction of sp³-hybridized carbons (Fsp3) is 0.667. The van der Waals surface area contributed by atoms with E-state index in [4.69, 9.17) is 14.0 Å². The second-order valence-corrected chi connectivity index (χ2v) is 9.36. The summed E-state index contributed by atoms with van der Waals surface area (Å²) < 4.78 is 17.8. The lowest BCUT2D eigenvalue weighted by Crippen LogP contribution is -2.51. The predicted octanol–water partition coefficient (Wildman–Crippen LogP) is 4.06. The first kappa shape index (κ1) is 20.2. The summed E-state index contributed by atoms with van der Waals surface area (Å²) in [5.41, 5.74) is 1.41. The first-order valence-electron chi connectivity index (χ1n) is 9.97. The van der Waals surface area contributed by atoms with Crippen LogP contribution < -0.4 is 5.46 Å². The molecule has 1 aromatic carbocycles. The van der Waals surface area contributed by atoms with Gasteiger partial charge in [0.1, 0.15) is 5.60 Å². The molecule has 0 radical (unpaired) electrons. The monoisotopic (exact) mass is 373 g/mol. The van der Waals surface area contributed by atoms with Crippen LogP contribution in [0, 0.1) is 0 Å². The Kier molecular flexibility index (Phi) is 5.60. The smallest absolute Gasteiger partial charge is 0.444 e. The zero-order valence-electron chi connectivity index (χ0n) is 17.5. The molecule has 2 atom stereocenters. The molecule has 1 amide bonds. The SMILES string of the molecule is CC1CC(C)(C)OB(c2cccc(C3CCCN3C(=O)OC(C)(C)C)c2)O1. The Balaban J connectivity index is 1.79. The van der Waals surface area contributed by atoms with Gasteiger partial charge in [-0.05, 0) is 71.8 Å². The van der Waals surface area contributed by atoms with Gasteiger partial charge in [-0.25, -0.2) is 4.79 Å². The standard InChI is InChI=1S/C21H32BNO4/c1-15-14-21(5,6)27-22(26-15)17-10-7-9-16(13-17)18-11-8-12-23(18)19(24)25-20(2,3)4/h7,9-10,13,15,18H,8,11-12,14H2,1-6H3. The van der Waals surface area contributed by atoms with Crippen LogP contribution in [-0.4, -0.2) is 42.0 Å². The highest BCUT2D eigenvalue weighted by Crippen LogP contribution is 2.33. The van der Waals surface area contributed by atoms with Gasteiger partial charge in [-0.15, -0.1) is 0 Å². The Morgan fingerprint density at radius 3 is 2.74 bits per heavy atom. The van der Waals surface area contributed by atoms with Crippen LogP contribution in [-0.2, 0) is 14.0 Å². The van der Waals surface area contributed by atoms with Gasteiger partial charge in [-0.1, -0.05) is 24.3 Å². The van der Waals surface area contributed by atoms with E-state index in [1.54, 1.807) is 0 Å². The van der Waals surface area contributed by atoms with Crippen molar-refractivity contribution in [3.05, 3.63) is 29.8 Å². The number of carbonyl (C=O) groups excluding carboxylic acids is 1. The average Bonchev–Trinajstić information content (AvgIpc) is 3.01. The number of carbonyl (C=O) groups is 1. The van der Waals surface area contributed by atoms with Gasteiger partial charge in [-0.2, -0.15) is 0 Å². The molecule has 2 saturated heterocycles. The maximum atomic E-state index is 12.6. The summed E-state index contributed by atoms with van der Waals surface area (Å²) in [5.74, 6) is 0. The molecule has 0 aromatic heterocycles. The minimum atomic E-state index is -0.489. The van der Waals surface area contributed by atoms with Crippen molar-refractivity contribution < 1.29 is 18.8 Å². The zero-order valence-corrected chi connectivity index (χ0v) is 17.5. The zero-order chi connectivity index (χ0) is 19.8.